The molecular weight excluding hydrogens is 498 g/mol. The monoisotopic (exact) mass is 537 g/mol. The highest BCUT2D eigenvalue weighted by Crippen LogP contribution is 2.51. The third-order valence-corrected chi connectivity index (χ3v) is 9.30. The molecule has 4 aliphatic rings. The standard InChI is InChI=1S/C29H39N5O5/c1-3-38-28(37)34-14-10-29(11-15-34)17-21(18-29)39-20-8-12-33(13-9-20)19-4-5-22-24(16-19)32(2)31-26(22)23-6-7-25(35)30-27(23)36/h4-5,16,20-21,23H,3,6-15,17-18H2,1-2H3,(H,30,35,36). The third-order valence-electron chi connectivity index (χ3n) is 9.30. The Hall–Kier alpha value is -3.14. The van der Waals surface area contributed by atoms with Gasteiger partial charge in [0.25, 0.3) is 0 Å². The number of nitrogens with zero attached hydrogens (tertiary/aromatic N) is 4. The largest absolute Gasteiger partial charge is 0.450 e. The van der Waals surface area contributed by atoms with Gasteiger partial charge in [0.15, 0.2) is 0 Å². The van der Waals surface area contributed by atoms with E-state index in [9.17, 15) is 14.4 Å². The second kappa shape index (κ2) is 10.4. The molecule has 210 valence electrons. The number of amides is 3. The van der Waals surface area contributed by atoms with Gasteiger partial charge in [-0.25, -0.2) is 4.79 Å². The lowest BCUT2D eigenvalue weighted by molar-refractivity contribution is -0.135. The molecule has 10 heteroatoms. The predicted octanol–water partition coefficient (Wildman–Crippen LogP) is 3.48. The highest BCUT2D eigenvalue weighted by molar-refractivity contribution is 6.02. The Labute approximate surface area is 229 Å². The van der Waals surface area contributed by atoms with Crippen LogP contribution in [0.25, 0.3) is 10.9 Å². The lowest BCUT2D eigenvalue weighted by Crippen LogP contribution is -2.52. The number of imide groups is 1. The van der Waals surface area contributed by atoms with Gasteiger partial charge in [0.1, 0.15) is 0 Å². The first-order valence-electron chi connectivity index (χ1n) is 14.5. The van der Waals surface area contributed by atoms with Crippen LogP contribution in [0.1, 0.15) is 69.9 Å². The number of likely N-dealkylation sites (tertiary alicyclic amines) is 1. The summed E-state index contributed by atoms with van der Waals surface area (Å²) in [5.74, 6) is -0.850. The van der Waals surface area contributed by atoms with Crippen LogP contribution in [-0.4, -0.2) is 77.6 Å². The molecule has 6 rings (SSSR count). The summed E-state index contributed by atoms with van der Waals surface area (Å²) in [6.45, 7) is 5.75. The van der Waals surface area contributed by atoms with Gasteiger partial charge >= 0.3 is 6.09 Å². The van der Waals surface area contributed by atoms with Crippen LogP contribution in [0.15, 0.2) is 18.2 Å². The minimum Gasteiger partial charge on any atom is -0.450 e. The zero-order valence-electron chi connectivity index (χ0n) is 23.0. The lowest BCUT2D eigenvalue weighted by atomic mass is 9.61. The van der Waals surface area contributed by atoms with Crippen LogP contribution in [0.3, 0.4) is 0 Å². The van der Waals surface area contributed by atoms with Gasteiger partial charge in [0, 0.05) is 50.7 Å². The molecule has 3 saturated heterocycles. The second-order valence-corrected chi connectivity index (χ2v) is 11.8. The Morgan fingerprint density at radius 3 is 2.51 bits per heavy atom. The van der Waals surface area contributed by atoms with E-state index in [1.165, 1.54) is 0 Å². The molecular formula is C29H39N5O5. The average Bonchev–Trinajstić information content (AvgIpc) is 3.24. The number of ether oxygens (including phenoxy) is 2. The molecule has 1 aliphatic carbocycles. The number of hydrogen-bond donors (Lipinski definition) is 1. The normalized spacial score (nSPS) is 24.2. The van der Waals surface area contributed by atoms with Gasteiger partial charge < -0.3 is 19.3 Å². The molecule has 1 spiro atoms. The molecule has 3 amide bonds. The maximum absolute atomic E-state index is 12.4. The van der Waals surface area contributed by atoms with Crippen molar-refractivity contribution in [1.82, 2.24) is 20.0 Å². The average molecular weight is 538 g/mol. The summed E-state index contributed by atoms with van der Waals surface area (Å²) in [4.78, 5) is 40.2. The Morgan fingerprint density at radius 1 is 1.08 bits per heavy atom. The number of hydrogen-bond acceptors (Lipinski definition) is 7. The molecule has 2 aromatic rings. The molecule has 4 heterocycles. The van der Waals surface area contributed by atoms with Crippen LogP contribution in [0.2, 0.25) is 0 Å². The Kier molecular flexibility index (Phi) is 6.99. The molecule has 1 N–H and O–H groups in total. The van der Waals surface area contributed by atoms with Crippen molar-refractivity contribution in [3.05, 3.63) is 23.9 Å². The van der Waals surface area contributed by atoms with Crippen LogP contribution in [0.4, 0.5) is 10.5 Å². The molecule has 0 bridgehead atoms. The molecule has 39 heavy (non-hydrogen) atoms. The molecule has 1 unspecified atom stereocenters. The number of aromatic nitrogens is 2. The number of carbonyl (C=O) groups excluding carboxylic acids is 3. The van der Waals surface area contributed by atoms with Crippen molar-refractivity contribution in [2.45, 2.75) is 76.4 Å². The first-order valence-corrected chi connectivity index (χ1v) is 14.5. The van der Waals surface area contributed by atoms with E-state index in [2.05, 4.69) is 33.5 Å². The van der Waals surface area contributed by atoms with Crippen molar-refractivity contribution in [3.63, 3.8) is 0 Å². The molecule has 3 aliphatic heterocycles. The van der Waals surface area contributed by atoms with Crippen molar-refractivity contribution in [1.29, 1.82) is 0 Å². The number of rotatable bonds is 5. The number of piperidine rings is 3. The number of carbonyl (C=O) groups is 3. The van der Waals surface area contributed by atoms with E-state index in [-0.39, 0.29) is 23.8 Å². The molecule has 1 saturated carbocycles. The van der Waals surface area contributed by atoms with Gasteiger partial charge in [-0.2, -0.15) is 5.10 Å². The summed E-state index contributed by atoms with van der Waals surface area (Å²) in [5, 5.41) is 8.10. The molecule has 4 fully saturated rings. The van der Waals surface area contributed by atoms with E-state index in [4.69, 9.17) is 9.47 Å². The number of fused-ring (bicyclic) bond motifs is 1. The van der Waals surface area contributed by atoms with Crippen LogP contribution >= 0.6 is 0 Å². The summed E-state index contributed by atoms with van der Waals surface area (Å²) in [5.41, 5.74) is 3.26. The molecule has 1 aromatic carbocycles. The van der Waals surface area contributed by atoms with Gasteiger partial charge in [-0.1, -0.05) is 0 Å². The SMILES string of the molecule is CCOC(=O)N1CCC2(CC1)CC(OC1CCN(c3ccc4c(C5CCC(=O)NC5=O)nn(C)c4c3)CC1)C2. The van der Waals surface area contributed by atoms with Gasteiger partial charge in [-0.3, -0.25) is 19.6 Å². The Bertz CT molecular complexity index is 1250. The summed E-state index contributed by atoms with van der Waals surface area (Å²) in [6, 6.07) is 6.36. The van der Waals surface area contributed by atoms with Crippen LogP contribution in [0.5, 0.6) is 0 Å². The summed E-state index contributed by atoms with van der Waals surface area (Å²) in [6.07, 6.45) is 7.62. The van der Waals surface area contributed by atoms with E-state index in [0.29, 0.717) is 37.1 Å². The highest BCUT2D eigenvalue weighted by atomic mass is 16.6. The van der Waals surface area contributed by atoms with Crippen molar-refractivity contribution in [2.24, 2.45) is 12.5 Å². The van der Waals surface area contributed by atoms with Crippen LogP contribution < -0.4 is 10.2 Å². The maximum Gasteiger partial charge on any atom is 0.409 e. The molecule has 1 aromatic heterocycles. The Balaban J connectivity index is 1.00. The summed E-state index contributed by atoms with van der Waals surface area (Å²) in [7, 11) is 1.91. The number of nitrogens with one attached hydrogen (secondary N) is 1. The molecule has 0 radical (unpaired) electrons. The fraction of sp³-hybridized carbons (Fsp3) is 0.655. The first kappa shape index (κ1) is 26.1. The smallest absolute Gasteiger partial charge is 0.409 e. The van der Waals surface area contributed by atoms with E-state index in [1.54, 1.807) is 0 Å². The van der Waals surface area contributed by atoms with Crippen molar-refractivity contribution in [3.8, 4) is 0 Å². The molecule has 10 nitrogen and oxygen atoms in total. The molecule has 1 atom stereocenters. The first-order chi connectivity index (χ1) is 18.8. The van der Waals surface area contributed by atoms with Crippen molar-refractivity contribution >= 4 is 34.5 Å². The topological polar surface area (TPSA) is 106 Å². The van der Waals surface area contributed by atoms with E-state index >= 15 is 0 Å². The van der Waals surface area contributed by atoms with E-state index in [0.717, 1.165) is 87.0 Å². The van der Waals surface area contributed by atoms with Gasteiger partial charge in [0.05, 0.1) is 35.9 Å². The van der Waals surface area contributed by atoms with Gasteiger partial charge in [-0.05, 0) is 75.5 Å². The number of anilines is 1. The zero-order valence-corrected chi connectivity index (χ0v) is 23.0. The minimum absolute atomic E-state index is 0.177. The fourth-order valence-electron chi connectivity index (χ4n) is 6.99. The maximum atomic E-state index is 12.4. The third kappa shape index (κ3) is 5.11. The number of aryl methyl sites for hydroxylation is 1. The van der Waals surface area contributed by atoms with Crippen LogP contribution in [0, 0.1) is 5.41 Å². The summed E-state index contributed by atoms with van der Waals surface area (Å²) >= 11 is 0. The Morgan fingerprint density at radius 2 is 1.82 bits per heavy atom. The predicted molar refractivity (Wildman–Crippen MR) is 145 cm³/mol. The van der Waals surface area contributed by atoms with Crippen molar-refractivity contribution in [2.75, 3.05) is 37.7 Å². The summed E-state index contributed by atoms with van der Waals surface area (Å²) < 4.78 is 13.5. The second-order valence-electron chi connectivity index (χ2n) is 11.8. The minimum atomic E-state index is -0.388. The zero-order chi connectivity index (χ0) is 27.1. The van der Waals surface area contributed by atoms with Crippen LogP contribution in [-0.2, 0) is 26.1 Å². The lowest BCUT2D eigenvalue weighted by Gasteiger charge is -2.52. The fourth-order valence-corrected chi connectivity index (χ4v) is 6.99. The van der Waals surface area contributed by atoms with Crippen molar-refractivity contribution < 1.29 is 23.9 Å². The van der Waals surface area contributed by atoms with Gasteiger partial charge in [-0.15, -0.1) is 0 Å². The van der Waals surface area contributed by atoms with E-state index in [1.807, 2.05) is 23.6 Å². The number of benzene rings is 1. The highest BCUT2D eigenvalue weighted by Gasteiger charge is 2.47. The quantitative estimate of drug-likeness (QED) is 0.582. The van der Waals surface area contributed by atoms with Gasteiger partial charge in [0.2, 0.25) is 11.8 Å². The van der Waals surface area contributed by atoms with E-state index < -0.39 is 0 Å².